The Morgan fingerprint density at radius 1 is 1.30 bits per heavy atom. The van der Waals surface area contributed by atoms with Crippen LogP contribution in [0.25, 0.3) is 5.69 Å². The number of amides is 1. The van der Waals surface area contributed by atoms with Crippen molar-refractivity contribution in [1.29, 1.82) is 0 Å². The van der Waals surface area contributed by atoms with E-state index in [1.54, 1.807) is 23.6 Å². The van der Waals surface area contributed by atoms with E-state index in [0.717, 1.165) is 16.8 Å². The number of carbonyl (C=O) groups is 1. The van der Waals surface area contributed by atoms with Crippen molar-refractivity contribution < 1.29 is 13.2 Å². The molecule has 0 aliphatic carbocycles. The molecule has 1 aliphatic rings. The van der Waals surface area contributed by atoms with Crippen LogP contribution in [0.4, 0.5) is 0 Å². The lowest BCUT2D eigenvalue weighted by Crippen LogP contribution is -2.41. The molecule has 1 saturated heterocycles. The van der Waals surface area contributed by atoms with E-state index in [9.17, 15) is 13.2 Å². The second kappa shape index (κ2) is 7.59. The molecule has 0 bridgehead atoms. The van der Waals surface area contributed by atoms with Gasteiger partial charge in [-0.05, 0) is 60.9 Å². The Kier molecular flexibility index (Phi) is 5.57. The molecule has 2 aromatic rings. The Balaban J connectivity index is 1.74. The third-order valence-electron chi connectivity index (χ3n) is 4.63. The summed E-state index contributed by atoms with van der Waals surface area (Å²) in [6.07, 6.45) is 0.488. The highest BCUT2D eigenvalue weighted by Crippen LogP contribution is 2.26. The van der Waals surface area contributed by atoms with E-state index in [0.29, 0.717) is 11.6 Å². The van der Waals surface area contributed by atoms with Crippen molar-refractivity contribution in [1.82, 2.24) is 25.1 Å². The summed E-state index contributed by atoms with van der Waals surface area (Å²) in [6.45, 7) is 5.79. The molecule has 146 valence electrons. The van der Waals surface area contributed by atoms with Gasteiger partial charge in [0.25, 0.3) is 0 Å². The maximum atomic E-state index is 12.8. The first kappa shape index (κ1) is 19.8. The third-order valence-corrected chi connectivity index (χ3v) is 7.40. The molecule has 3 rings (SSSR count). The predicted molar refractivity (Wildman–Crippen MR) is 104 cm³/mol. The van der Waals surface area contributed by atoms with E-state index < -0.39 is 15.1 Å². The average molecular weight is 410 g/mol. The van der Waals surface area contributed by atoms with Gasteiger partial charge in [0.2, 0.25) is 11.1 Å². The van der Waals surface area contributed by atoms with Crippen molar-refractivity contribution in [2.75, 3.05) is 18.6 Å². The van der Waals surface area contributed by atoms with Crippen LogP contribution >= 0.6 is 11.8 Å². The number of hydrogen-bond acceptors (Lipinski definition) is 7. The monoisotopic (exact) mass is 409 g/mol. The summed E-state index contributed by atoms with van der Waals surface area (Å²) in [5.74, 6) is 0.0476. The number of hydrogen-bond donors (Lipinski definition) is 0. The fourth-order valence-electron chi connectivity index (χ4n) is 3.24. The Morgan fingerprint density at radius 2 is 1.96 bits per heavy atom. The van der Waals surface area contributed by atoms with E-state index in [4.69, 9.17) is 0 Å². The van der Waals surface area contributed by atoms with Crippen molar-refractivity contribution in [2.24, 2.45) is 0 Å². The van der Waals surface area contributed by atoms with Gasteiger partial charge >= 0.3 is 0 Å². The summed E-state index contributed by atoms with van der Waals surface area (Å²) < 4.78 is 25.0. The maximum Gasteiger partial charge on any atom is 0.235 e. The second-order valence-corrected chi connectivity index (χ2v) is 10.5. The van der Waals surface area contributed by atoms with Gasteiger partial charge < -0.3 is 4.90 Å². The molecule has 0 spiro atoms. The van der Waals surface area contributed by atoms with Gasteiger partial charge in [-0.15, -0.1) is 5.10 Å². The Hall–Kier alpha value is -1.94. The van der Waals surface area contributed by atoms with Crippen LogP contribution in [0.3, 0.4) is 0 Å². The minimum absolute atomic E-state index is 0.0347. The summed E-state index contributed by atoms with van der Waals surface area (Å²) >= 11 is 1.26. The zero-order valence-electron chi connectivity index (χ0n) is 15.8. The van der Waals surface area contributed by atoms with Crippen molar-refractivity contribution in [3.8, 4) is 5.69 Å². The van der Waals surface area contributed by atoms with Gasteiger partial charge in [0.1, 0.15) is 0 Å². The second-order valence-electron chi connectivity index (χ2n) is 6.99. The van der Waals surface area contributed by atoms with Gasteiger partial charge in [0.15, 0.2) is 9.84 Å². The highest BCUT2D eigenvalue weighted by Gasteiger charge is 2.34. The predicted octanol–water partition coefficient (Wildman–Crippen LogP) is 1.41. The molecular formula is C17H23N5O3S2. The van der Waals surface area contributed by atoms with Crippen LogP contribution in [0, 0.1) is 13.8 Å². The lowest BCUT2D eigenvalue weighted by molar-refractivity contribution is -0.130. The summed E-state index contributed by atoms with van der Waals surface area (Å²) in [5.41, 5.74) is 3.04. The number of rotatable bonds is 5. The highest BCUT2D eigenvalue weighted by molar-refractivity contribution is 8.00. The van der Waals surface area contributed by atoms with Crippen LogP contribution < -0.4 is 0 Å². The van der Waals surface area contributed by atoms with Crippen LogP contribution in [0.1, 0.15) is 24.5 Å². The number of carbonyl (C=O) groups excluding carboxylic acids is 1. The van der Waals surface area contributed by atoms with Gasteiger partial charge in [-0.25, -0.2) is 8.42 Å². The molecule has 2 atom stereocenters. The smallest absolute Gasteiger partial charge is 0.235 e. The molecular weight excluding hydrogens is 386 g/mol. The molecule has 10 heteroatoms. The molecule has 2 heterocycles. The molecule has 0 saturated carbocycles. The quantitative estimate of drug-likeness (QED) is 0.689. The SMILES string of the molecule is Cc1cc(C)cc(-n2nnnc2S[C@H](C)C(=O)N(C)[C@H]2CCS(=O)(=O)C2)c1. The molecule has 8 nitrogen and oxygen atoms in total. The van der Waals surface area contributed by atoms with Crippen LogP contribution in [0.15, 0.2) is 23.4 Å². The summed E-state index contributed by atoms with van der Waals surface area (Å²) in [7, 11) is -1.37. The Labute approximate surface area is 163 Å². The zero-order valence-corrected chi connectivity index (χ0v) is 17.4. The van der Waals surface area contributed by atoms with Gasteiger partial charge in [-0.2, -0.15) is 4.68 Å². The molecule has 1 aromatic carbocycles. The fourth-order valence-corrected chi connectivity index (χ4v) is 5.93. The molecule has 0 unspecified atom stereocenters. The van der Waals surface area contributed by atoms with E-state index in [1.165, 1.54) is 11.8 Å². The molecule has 0 radical (unpaired) electrons. The van der Waals surface area contributed by atoms with Crippen molar-refractivity contribution in [3.63, 3.8) is 0 Å². The fraction of sp³-hybridized carbons (Fsp3) is 0.529. The first-order valence-corrected chi connectivity index (χ1v) is 11.4. The lowest BCUT2D eigenvalue weighted by Gasteiger charge is -2.26. The van der Waals surface area contributed by atoms with Crippen LogP contribution in [0.5, 0.6) is 0 Å². The Morgan fingerprint density at radius 3 is 2.56 bits per heavy atom. The molecule has 1 amide bonds. The molecule has 1 aromatic heterocycles. The minimum Gasteiger partial charge on any atom is -0.341 e. The number of benzene rings is 1. The first-order chi connectivity index (χ1) is 12.7. The number of aromatic nitrogens is 4. The van der Waals surface area contributed by atoms with Crippen molar-refractivity contribution >= 4 is 27.5 Å². The first-order valence-electron chi connectivity index (χ1n) is 8.67. The zero-order chi connectivity index (χ0) is 19.8. The topological polar surface area (TPSA) is 98.1 Å². The summed E-state index contributed by atoms with van der Waals surface area (Å²) in [4.78, 5) is 14.3. The van der Waals surface area contributed by atoms with Crippen molar-refractivity contribution in [3.05, 3.63) is 29.3 Å². The highest BCUT2D eigenvalue weighted by atomic mass is 32.2. The number of thioether (sulfide) groups is 1. The average Bonchev–Trinajstić information content (AvgIpc) is 3.18. The molecule has 0 N–H and O–H groups in total. The summed E-state index contributed by atoms with van der Waals surface area (Å²) in [6, 6.07) is 5.77. The van der Waals surface area contributed by atoms with Gasteiger partial charge in [0, 0.05) is 13.1 Å². The van der Waals surface area contributed by atoms with Gasteiger partial charge in [-0.3, -0.25) is 4.79 Å². The van der Waals surface area contributed by atoms with E-state index in [1.807, 2.05) is 26.0 Å². The number of sulfone groups is 1. The summed E-state index contributed by atoms with van der Waals surface area (Å²) in [5, 5.41) is 11.9. The van der Waals surface area contributed by atoms with Crippen LogP contribution in [-0.2, 0) is 14.6 Å². The number of aryl methyl sites for hydroxylation is 2. The van der Waals surface area contributed by atoms with E-state index in [2.05, 4.69) is 21.6 Å². The lowest BCUT2D eigenvalue weighted by atomic mass is 10.1. The van der Waals surface area contributed by atoms with Gasteiger partial charge in [0.05, 0.1) is 22.4 Å². The molecule has 1 fully saturated rings. The molecule has 27 heavy (non-hydrogen) atoms. The number of tetrazole rings is 1. The van der Waals surface area contributed by atoms with E-state index in [-0.39, 0.29) is 23.5 Å². The van der Waals surface area contributed by atoms with Gasteiger partial charge in [-0.1, -0.05) is 17.8 Å². The minimum atomic E-state index is -3.04. The Bertz CT molecular complexity index is 937. The number of nitrogens with zero attached hydrogens (tertiary/aromatic N) is 5. The van der Waals surface area contributed by atoms with Crippen LogP contribution in [0.2, 0.25) is 0 Å². The maximum absolute atomic E-state index is 12.8. The van der Waals surface area contributed by atoms with Crippen molar-refractivity contribution in [2.45, 2.75) is 43.6 Å². The largest absolute Gasteiger partial charge is 0.341 e. The normalized spacial score (nSPS) is 19.8. The third kappa shape index (κ3) is 4.49. The standard InChI is InChI=1S/C17H23N5O3S2/c1-11-7-12(2)9-15(8-11)22-17(18-19-20-22)26-13(3)16(23)21(4)14-5-6-27(24,25)10-14/h7-9,13-14H,5-6,10H2,1-4H3/t13-,14+/m1/s1. The molecule has 1 aliphatic heterocycles. The van der Waals surface area contributed by atoms with E-state index >= 15 is 0 Å². The van der Waals surface area contributed by atoms with Crippen LogP contribution in [-0.4, -0.2) is 69.3 Å².